The fourth-order valence-corrected chi connectivity index (χ4v) is 9.75. The van der Waals surface area contributed by atoms with Crippen LogP contribution in [0.1, 0.15) is 27.7 Å². The van der Waals surface area contributed by atoms with Crippen LogP contribution < -0.4 is 0 Å². The van der Waals surface area contributed by atoms with Gasteiger partial charge in [0.05, 0.1) is 0 Å². The van der Waals surface area contributed by atoms with Gasteiger partial charge in [-0.05, 0) is 10.8 Å². The first-order valence-corrected chi connectivity index (χ1v) is 9.60. The van der Waals surface area contributed by atoms with Crippen molar-refractivity contribution in [3.05, 3.63) is 0 Å². The van der Waals surface area contributed by atoms with Gasteiger partial charge in [-0.1, -0.05) is 27.7 Å². The first-order chi connectivity index (χ1) is 5.91. The van der Waals surface area contributed by atoms with Crippen LogP contribution in [-0.2, 0) is 0 Å². The van der Waals surface area contributed by atoms with Crippen LogP contribution in [0.25, 0.3) is 0 Å². The largest absolute Gasteiger partial charge is 0.477 e. The molecule has 0 radical (unpaired) electrons. The summed E-state index contributed by atoms with van der Waals surface area (Å²) in [6, 6.07) is -1.10. The van der Waals surface area contributed by atoms with Gasteiger partial charge in [0, 0.05) is 12.1 Å². The van der Waals surface area contributed by atoms with Crippen LogP contribution in [0.5, 0.6) is 0 Å². The Morgan fingerprint density at radius 2 is 0.929 bits per heavy atom. The molecule has 0 aromatic carbocycles. The van der Waals surface area contributed by atoms with E-state index in [1.807, 2.05) is 0 Å². The number of hydrogen-bond donors (Lipinski definition) is 0. The monoisotopic (exact) mass is 244 g/mol. The van der Waals surface area contributed by atoms with E-state index >= 15 is 0 Å². The van der Waals surface area contributed by atoms with Crippen molar-refractivity contribution in [1.29, 1.82) is 0 Å². The van der Waals surface area contributed by atoms with Crippen LogP contribution in [0.2, 0.25) is 12.1 Å². The van der Waals surface area contributed by atoms with Crippen molar-refractivity contribution in [1.82, 2.24) is 0 Å². The van der Waals surface area contributed by atoms with Crippen LogP contribution >= 0.6 is 0 Å². The van der Waals surface area contributed by atoms with E-state index in [-0.39, 0.29) is 0 Å². The molecule has 0 atom stereocenters. The lowest BCUT2D eigenvalue weighted by Crippen LogP contribution is -2.62. The fourth-order valence-electron chi connectivity index (χ4n) is 1.85. The number of rotatable bonds is 0. The van der Waals surface area contributed by atoms with Crippen molar-refractivity contribution in [3.8, 4) is 0 Å². The van der Waals surface area contributed by atoms with E-state index in [0.29, 0.717) is 0 Å². The van der Waals surface area contributed by atoms with E-state index in [1.165, 1.54) is 0 Å². The topological polar surface area (TPSA) is 0 Å². The zero-order valence-electron chi connectivity index (χ0n) is 8.93. The molecule has 1 heterocycles. The molecule has 1 saturated heterocycles. The molecule has 0 aromatic heterocycles. The van der Waals surface area contributed by atoms with Gasteiger partial charge in [-0.2, -0.15) is 0 Å². The van der Waals surface area contributed by atoms with E-state index in [4.69, 9.17) is 0 Å². The van der Waals surface area contributed by atoms with Gasteiger partial charge >= 0.3 is 16.5 Å². The highest BCUT2D eigenvalue weighted by atomic mass is 29.3. The molecule has 0 N–H and O–H groups in total. The van der Waals surface area contributed by atoms with Gasteiger partial charge in [-0.3, -0.25) is 16.4 Å². The van der Waals surface area contributed by atoms with Crippen LogP contribution in [0.15, 0.2) is 0 Å². The molecule has 0 unspecified atom stereocenters. The molecule has 0 nitrogen and oxygen atoms in total. The zero-order chi connectivity index (χ0) is 11.4. The standard InChI is InChI=1S/C8H16F4Si2/c1-7(2)5-13(9,10)14(11,12)6-8(7,3)4/h5-6H2,1-4H3. The summed E-state index contributed by atoms with van der Waals surface area (Å²) in [5.74, 6) is 0. The Morgan fingerprint density at radius 1 is 0.714 bits per heavy atom. The molecular formula is C8H16F4Si2. The van der Waals surface area contributed by atoms with Gasteiger partial charge in [0.15, 0.2) is 0 Å². The van der Waals surface area contributed by atoms with Crippen LogP contribution in [-0.4, -0.2) is 16.5 Å². The lowest BCUT2D eigenvalue weighted by molar-refractivity contribution is 0.132. The minimum atomic E-state index is -5.24. The quantitative estimate of drug-likeness (QED) is 0.344. The molecular weight excluding hydrogens is 228 g/mol. The summed E-state index contributed by atoms with van der Waals surface area (Å²) in [4.78, 5) is 0. The van der Waals surface area contributed by atoms with Crippen molar-refractivity contribution in [2.24, 2.45) is 10.8 Å². The molecule has 1 fully saturated rings. The zero-order valence-corrected chi connectivity index (χ0v) is 10.9. The molecule has 0 amide bonds. The Labute approximate surface area is 84.2 Å². The smallest absolute Gasteiger partial charge is 0.268 e. The van der Waals surface area contributed by atoms with E-state index in [1.54, 1.807) is 27.7 Å². The highest BCUT2D eigenvalue weighted by molar-refractivity contribution is 7.31. The van der Waals surface area contributed by atoms with Crippen molar-refractivity contribution in [2.75, 3.05) is 0 Å². The third-order valence-electron chi connectivity index (χ3n) is 3.70. The van der Waals surface area contributed by atoms with Crippen LogP contribution in [0, 0.1) is 10.8 Å². The van der Waals surface area contributed by atoms with Gasteiger partial charge in [0.25, 0.3) is 0 Å². The second-order valence-electron chi connectivity index (χ2n) is 5.53. The Balaban J connectivity index is 3.07. The lowest BCUT2D eigenvalue weighted by Gasteiger charge is -2.49. The maximum atomic E-state index is 13.3. The van der Waals surface area contributed by atoms with E-state index in [9.17, 15) is 16.4 Å². The SMILES string of the molecule is CC1(C)C[Si](F)(F)[Si](F)(F)CC1(C)C. The maximum absolute atomic E-state index is 13.3. The number of hydrogen-bond acceptors (Lipinski definition) is 0. The summed E-state index contributed by atoms with van der Waals surface area (Å²) in [6.07, 6.45) is 0. The Bertz CT molecular complexity index is 198. The fraction of sp³-hybridized carbons (Fsp3) is 1.00. The Morgan fingerprint density at radius 3 is 1.14 bits per heavy atom. The average molecular weight is 244 g/mol. The van der Waals surface area contributed by atoms with Crippen molar-refractivity contribution < 1.29 is 16.4 Å². The predicted molar refractivity (Wildman–Crippen MR) is 53.1 cm³/mol. The van der Waals surface area contributed by atoms with Crippen molar-refractivity contribution in [2.45, 2.75) is 39.8 Å². The summed E-state index contributed by atoms with van der Waals surface area (Å²) in [5, 5.41) is 0. The normalized spacial score (nSPS) is 32.6. The molecule has 84 valence electrons. The Kier molecular flexibility index (Phi) is 2.48. The minimum absolute atomic E-state index is 0.549. The molecule has 14 heavy (non-hydrogen) atoms. The highest BCUT2D eigenvalue weighted by Crippen LogP contribution is 2.57. The van der Waals surface area contributed by atoms with Gasteiger partial charge in [-0.25, -0.2) is 0 Å². The minimum Gasteiger partial charge on any atom is -0.268 e. The average Bonchev–Trinajstić information content (AvgIpc) is 1.78. The summed E-state index contributed by atoms with van der Waals surface area (Å²) in [5.41, 5.74) is -1.34. The van der Waals surface area contributed by atoms with Gasteiger partial charge < -0.3 is 0 Å². The van der Waals surface area contributed by atoms with E-state index < -0.39 is 39.4 Å². The summed E-state index contributed by atoms with van der Waals surface area (Å²) in [6.45, 7) is 6.71. The van der Waals surface area contributed by atoms with Gasteiger partial charge in [0.1, 0.15) is 0 Å². The van der Waals surface area contributed by atoms with E-state index in [0.717, 1.165) is 0 Å². The van der Waals surface area contributed by atoms with Gasteiger partial charge in [0.2, 0.25) is 0 Å². The van der Waals surface area contributed by atoms with Crippen LogP contribution in [0.4, 0.5) is 16.4 Å². The summed E-state index contributed by atoms with van der Waals surface area (Å²) >= 11 is 0. The number of halogens is 4. The maximum Gasteiger partial charge on any atom is 0.477 e. The lowest BCUT2D eigenvalue weighted by atomic mass is 9.70. The first kappa shape index (κ1) is 12.2. The second-order valence-corrected chi connectivity index (χ2v) is 13.4. The third-order valence-corrected chi connectivity index (χ3v) is 11.7. The molecule has 0 saturated carbocycles. The predicted octanol–water partition coefficient (Wildman–Crippen LogP) is 3.89. The highest BCUT2D eigenvalue weighted by Gasteiger charge is 2.73. The molecule has 6 heteroatoms. The van der Waals surface area contributed by atoms with Crippen molar-refractivity contribution >= 4 is 16.5 Å². The molecule has 1 aliphatic heterocycles. The van der Waals surface area contributed by atoms with Crippen LogP contribution in [0.3, 0.4) is 0 Å². The van der Waals surface area contributed by atoms with Gasteiger partial charge in [-0.15, -0.1) is 0 Å². The summed E-state index contributed by atoms with van der Waals surface area (Å²) in [7, 11) is -10.5. The molecule has 0 aliphatic carbocycles. The van der Waals surface area contributed by atoms with E-state index in [2.05, 4.69) is 0 Å². The third kappa shape index (κ3) is 1.66. The molecule has 1 aliphatic rings. The Hall–Kier alpha value is 0.154. The first-order valence-electron chi connectivity index (χ1n) is 4.67. The second kappa shape index (κ2) is 2.84. The molecule has 1 rings (SSSR count). The molecule has 0 spiro atoms. The molecule has 0 aromatic rings. The molecule has 0 bridgehead atoms. The van der Waals surface area contributed by atoms with Crippen molar-refractivity contribution in [3.63, 3.8) is 0 Å². The summed E-state index contributed by atoms with van der Waals surface area (Å²) < 4.78 is 53.1.